The zero-order chi connectivity index (χ0) is 13.6. The Kier molecular flexibility index (Phi) is 5.30. The van der Waals surface area contributed by atoms with Crippen molar-refractivity contribution in [2.24, 2.45) is 5.73 Å². The Labute approximate surface area is 108 Å². The van der Waals surface area contributed by atoms with E-state index in [9.17, 15) is 8.42 Å². The molecule has 0 bridgehead atoms. The highest BCUT2D eigenvalue weighted by molar-refractivity contribution is 7.88. The Balaban J connectivity index is 2.85. The average molecular weight is 269 g/mol. The van der Waals surface area contributed by atoms with Gasteiger partial charge in [-0.15, -0.1) is 0 Å². The lowest BCUT2D eigenvalue weighted by Crippen LogP contribution is -2.39. The van der Waals surface area contributed by atoms with Crippen LogP contribution in [0.5, 0.6) is 0 Å². The van der Waals surface area contributed by atoms with E-state index in [2.05, 4.69) is 0 Å². The Morgan fingerprint density at radius 3 is 2.44 bits per heavy atom. The highest BCUT2D eigenvalue weighted by Crippen LogP contribution is 2.11. The third-order valence-corrected chi connectivity index (χ3v) is 4.20. The van der Waals surface area contributed by atoms with Gasteiger partial charge in [0.1, 0.15) is 5.84 Å². The number of nitrogens with one attached hydrogen (secondary N) is 1. The molecule has 1 aromatic rings. The van der Waals surface area contributed by atoms with Crippen molar-refractivity contribution in [2.75, 3.05) is 13.1 Å². The molecule has 0 spiro atoms. The molecule has 1 aromatic carbocycles. The van der Waals surface area contributed by atoms with Gasteiger partial charge in [0.2, 0.25) is 10.0 Å². The van der Waals surface area contributed by atoms with E-state index in [1.54, 1.807) is 24.3 Å². The van der Waals surface area contributed by atoms with E-state index in [1.807, 2.05) is 13.0 Å². The number of rotatable bonds is 7. The first kappa shape index (κ1) is 14.7. The molecule has 0 amide bonds. The maximum atomic E-state index is 12.2. The van der Waals surface area contributed by atoms with Crippen LogP contribution in [-0.4, -0.2) is 31.6 Å². The lowest BCUT2D eigenvalue weighted by molar-refractivity contribution is 0.447. The Morgan fingerprint density at radius 2 is 1.94 bits per heavy atom. The number of hydrogen-bond donors (Lipinski definition) is 2. The second-order valence-electron chi connectivity index (χ2n) is 4.10. The minimum atomic E-state index is -3.42. The van der Waals surface area contributed by atoms with Crippen LogP contribution in [0.25, 0.3) is 0 Å². The molecule has 6 heteroatoms. The van der Waals surface area contributed by atoms with Crippen molar-refractivity contribution in [3.05, 3.63) is 35.9 Å². The van der Waals surface area contributed by atoms with Crippen LogP contribution in [-0.2, 0) is 15.8 Å². The molecule has 0 unspecified atom stereocenters. The summed E-state index contributed by atoms with van der Waals surface area (Å²) in [6, 6.07) is 9.00. The molecule has 100 valence electrons. The Bertz CT molecular complexity index is 485. The molecule has 18 heavy (non-hydrogen) atoms. The summed E-state index contributed by atoms with van der Waals surface area (Å²) in [5.41, 5.74) is 6.03. The van der Waals surface area contributed by atoms with E-state index >= 15 is 0 Å². The van der Waals surface area contributed by atoms with Gasteiger partial charge in [-0.25, -0.2) is 8.42 Å². The van der Waals surface area contributed by atoms with Gasteiger partial charge in [0.25, 0.3) is 0 Å². The van der Waals surface area contributed by atoms with Gasteiger partial charge in [-0.05, 0) is 12.0 Å². The van der Waals surface area contributed by atoms with Gasteiger partial charge in [0.15, 0.2) is 0 Å². The third-order valence-electron chi connectivity index (χ3n) is 2.40. The smallest absolute Gasteiger partial charge is 0.218 e. The molecule has 1 rings (SSSR count). The molecule has 0 fully saturated rings. The lowest BCUT2D eigenvalue weighted by atomic mass is 10.2. The summed E-state index contributed by atoms with van der Waals surface area (Å²) in [6.45, 7) is 2.24. The van der Waals surface area contributed by atoms with E-state index in [0.717, 1.165) is 5.56 Å². The lowest BCUT2D eigenvalue weighted by Gasteiger charge is -2.20. The van der Waals surface area contributed by atoms with Gasteiger partial charge in [-0.1, -0.05) is 37.3 Å². The first-order valence-electron chi connectivity index (χ1n) is 5.80. The number of nitrogens with zero attached hydrogens (tertiary/aromatic N) is 1. The van der Waals surface area contributed by atoms with Crippen molar-refractivity contribution in [3.8, 4) is 0 Å². The summed E-state index contributed by atoms with van der Waals surface area (Å²) >= 11 is 0. The van der Waals surface area contributed by atoms with Crippen LogP contribution in [0.3, 0.4) is 0 Å². The number of nitrogens with two attached hydrogens (primary N) is 1. The standard InChI is InChI=1S/C12H19N3O2S/c1-2-8-15(9-12(13)14)18(16,17)10-11-6-4-3-5-7-11/h3-7H,2,8-10H2,1H3,(H3,13,14). The Morgan fingerprint density at radius 1 is 1.33 bits per heavy atom. The summed E-state index contributed by atoms with van der Waals surface area (Å²) in [6.07, 6.45) is 0.696. The second-order valence-corrected chi connectivity index (χ2v) is 6.07. The number of sulfonamides is 1. The van der Waals surface area contributed by atoms with E-state index in [4.69, 9.17) is 11.1 Å². The van der Waals surface area contributed by atoms with Crippen LogP contribution in [0, 0.1) is 5.41 Å². The van der Waals surface area contributed by atoms with Crippen molar-refractivity contribution in [1.29, 1.82) is 5.41 Å². The monoisotopic (exact) mass is 269 g/mol. The van der Waals surface area contributed by atoms with Gasteiger partial charge < -0.3 is 5.73 Å². The third kappa shape index (κ3) is 4.46. The quantitative estimate of drug-likeness (QED) is 0.575. The fraction of sp³-hybridized carbons (Fsp3) is 0.417. The predicted octanol–water partition coefficient (Wildman–Crippen LogP) is 1.16. The molecule has 0 aliphatic rings. The molecular formula is C12H19N3O2S. The molecule has 0 saturated carbocycles. The van der Waals surface area contributed by atoms with Crippen LogP contribution >= 0.6 is 0 Å². The fourth-order valence-corrected chi connectivity index (χ4v) is 3.22. The van der Waals surface area contributed by atoms with Crippen molar-refractivity contribution in [1.82, 2.24) is 4.31 Å². The van der Waals surface area contributed by atoms with Crippen molar-refractivity contribution in [3.63, 3.8) is 0 Å². The van der Waals surface area contributed by atoms with Crippen molar-refractivity contribution >= 4 is 15.9 Å². The molecule has 0 atom stereocenters. The summed E-state index contributed by atoms with van der Waals surface area (Å²) < 4.78 is 25.7. The molecule has 3 N–H and O–H groups in total. The summed E-state index contributed by atoms with van der Waals surface area (Å²) in [5, 5.41) is 7.23. The van der Waals surface area contributed by atoms with Gasteiger partial charge in [0.05, 0.1) is 12.3 Å². The van der Waals surface area contributed by atoms with E-state index in [-0.39, 0.29) is 18.1 Å². The molecule has 5 nitrogen and oxygen atoms in total. The molecule has 0 aromatic heterocycles. The summed E-state index contributed by atoms with van der Waals surface area (Å²) in [4.78, 5) is 0. The molecule has 0 saturated heterocycles. The average Bonchev–Trinajstić information content (AvgIpc) is 2.28. The summed E-state index contributed by atoms with van der Waals surface area (Å²) in [5.74, 6) is -0.193. The zero-order valence-electron chi connectivity index (χ0n) is 10.5. The van der Waals surface area contributed by atoms with E-state index in [0.29, 0.717) is 13.0 Å². The highest BCUT2D eigenvalue weighted by atomic mass is 32.2. The van der Waals surface area contributed by atoms with E-state index < -0.39 is 10.0 Å². The first-order valence-corrected chi connectivity index (χ1v) is 7.41. The minimum absolute atomic E-state index is 0.0387. The van der Waals surface area contributed by atoms with Crippen molar-refractivity contribution < 1.29 is 8.42 Å². The SMILES string of the molecule is CCCN(CC(=N)N)S(=O)(=O)Cc1ccccc1. The maximum Gasteiger partial charge on any atom is 0.218 e. The Hall–Kier alpha value is -1.40. The van der Waals surface area contributed by atoms with Crippen molar-refractivity contribution in [2.45, 2.75) is 19.1 Å². The van der Waals surface area contributed by atoms with Gasteiger partial charge in [0, 0.05) is 6.54 Å². The number of benzene rings is 1. The van der Waals surface area contributed by atoms with E-state index in [1.165, 1.54) is 4.31 Å². The van der Waals surface area contributed by atoms with Gasteiger partial charge in [-0.3, -0.25) is 5.41 Å². The van der Waals surface area contributed by atoms with Crippen LogP contribution in [0.2, 0.25) is 0 Å². The predicted molar refractivity (Wildman–Crippen MR) is 72.8 cm³/mol. The van der Waals surface area contributed by atoms with Crippen LogP contribution in [0.4, 0.5) is 0 Å². The van der Waals surface area contributed by atoms with Gasteiger partial charge >= 0.3 is 0 Å². The minimum Gasteiger partial charge on any atom is -0.387 e. The van der Waals surface area contributed by atoms with Gasteiger partial charge in [-0.2, -0.15) is 4.31 Å². The largest absolute Gasteiger partial charge is 0.387 e. The van der Waals surface area contributed by atoms with Crippen LogP contribution in [0.1, 0.15) is 18.9 Å². The summed E-state index contributed by atoms with van der Waals surface area (Å²) in [7, 11) is -3.42. The maximum absolute atomic E-state index is 12.2. The molecule has 0 aliphatic carbocycles. The first-order chi connectivity index (χ1) is 8.45. The van der Waals surface area contributed by atoms with Crippen LogP contribution < -0.4 is 5.73 Å². The fourth-order valence-electron chi connectivity index (χ4n) is 1.63. The molecular weight excluding hydrogens is 250 g/mol. The number of amidine groups is 1. The normalized spacial score (nSPS) is 11.7. The molecule has 0 aliphatic heterocycles. The number of hydrogen-bond acceptors (Lipinski definition) is 3. The zero-order valence-corrected chi connectivity index (χ0v) is 11.3. The topological polar surface area (TPSA) is 87.2 Å². The molecule has 0 radical (unpaired) electrons. The van der Waals surface area contributed by atoms with Crippen LogP contribution in [0.15, 0.2) is 30.3 Å². The second kappa shape index (κ2) is 6.51. The molecule has 0 heterocycles. The highest BCUT2D eigenvalue weighted by Gasteiger charge is 2.22.